The van der Waals surface area contributed by atoms with E-state index < -0.39 is 6.09 Å². The van der Waals surface area contributed by atoms with Gasteiger partial charge in [0.1, 0.15) is 6.61 Å². The predicted molar refractivity (Wildman–Crippen MR) is 94.5 cm³/mol. The summed E-state index contributed by atoms with van der Waals surface area (Å²) in [6.45, 7) is 8.09. The van der Waals surface area contributed by atoms with E-state index in [4.69, 9.17) is 4.74 Å². The summed E-state index contributed by atoms with van der Waals surface area (Å²) in [4.78, 5) is 26.0. The molecule has 1 saturated heterocycles. The lowest BCUT2D eigenvalue weighted by atomic mass is 10.0. The van der Waals surface area contributed by atoms with Crippen LogP contribution >= 0.6 is 11.8 Å². The molecule has 2 rings (SSSR count). The van der Waals surface area contributed by atoms with Crippen molar-refractivity contribution in [2.24, 2.45) is 11.8 Å². The monoisotopic (exact) mass is 337 g/mol. The Morgan fingerprint density at radius 1 is 1.30 bits per heavy atom. The third-order valence-corrected chi connectivity index (χ3v) is 4.67. The molecule has 0 N–H and O–H groups in total. The van der Waals surface area contributed by atoms with E-state index in [0.29, 0.717) is 6.61 Å². The molecule has 23 heavy (non-hydrogen) atoms. The van der Waals surface area contributed by atoms with Gasteiger partial charge in [0.15, 0.2) is 0 Å². The molecule has 2 unspecified atom stereocenters. The number of hydrogen-bond acceptors (Lipinski definition) is 4. The molecule has 4 nitrogen and oxygen atoms in total. The van der Waals surface area contributed by atoms with E-state index in [1.807, 2.05) is 45.9 Å². The third kappa shape index (κ3) is 5.57. The minimum Gasteiger partial charge on any atom is -0.447 e. The summed E-state index contributed by atoms with van der Waals surface area (Å²) in [5.41, 5.74) is 0. The lowest BCUT2D eigenvalue weighted by Crippen LogP contribution is -2.44. The van der Waals surface area contributed by atoms with Crippen LogP contribution in [0.5, 0.6) is 0 Å². The van der Waals surface area contributed by atoms with Gasteiger partial charge in [-0.15, -0.1) is 11.8 Å². The molecule has 1 aromatic rings. The van der Waals surface area contributed by atoms with Crippen molar-refractivity contribution in [3.63, 3.8) is 0 Å². The van der Waals surface area contributed by atoms with Gasteiger partial charge in [0.2, 0.25) is 5.91 Å². The Balaban J connectivity index is 0.000000277. The first kappa shape index (κ1) is 19.6. The zero-order chi connectivity index (χ0) is 17.4. The minimum atomic E-state index is -0.487. The molecule has 1 heterocycles. The van der Waals surface area contributed by atoms with E-state index in [0.717, 1.165) is 6.42 Å². The van der Waals surface area contributed by atoms with Crippen molar-refractivity contribution in [3.05, 3.63) is 30.3 Å². The van der Waals surface area contributed by atoms with Gasteiger partial charge in [-0.2, -0.15) is 0 Å². The Kier molecular flexibility index (Phi) is 8.17. The standard InChI is InChI=1S/C11H19NO3.C7H8S/c1-5-8(4)10(13)12-9(7(2)3)6-15-11(12)14;1-8-7-5-3-2-4-6-7/h7-9H,5-6H2,1-4H3;2-6H,1H3. The van der Waals surface area contributed by atoms with Gasteiger partial charge in [0, 0.05) is 10.8 Å². The second kappa shape index (κ2) is 9.60. The number of rotatable bonds is 4. The van der Waals surface area contributed by atoms with Crippen molar-refractivity contribution in [2.45, 2.75) is 45.1 Å². The zero-order valence-electron chi connectivity index (χ0n) is 14.6. The molecule has 128 valence electrons. The lowest BCUT2D eigenvalue weighted by molar-refractivity contribution is -0.133. The maximum Gasteiger partial charge on any atom is 0.416 e. The van der Waals surface area contributed by atoms with Crippen LogP contribution in [0.1, 0.15) is 34.1 Å². The van der Waals surface area contributed by atoms with E-state index in [9.17, 15) is 9.59 Å². The van der Waals surface area contributed by atoms with Gasteiger partial charge in [-0.25, -0.2) is 9.69 Å². The number of carbonyl (C=O) groups is 2. The topological polar surface area (TPSA) is 46.6 Å². The average Bonchev–Trinajstić information content (AvgIpc) is 2.96. The highest BCUT2D eigenvalue weighted by Crippen LogP contribution is 2.22. The summed E-state index contributed by atoms with van der Waals surface area (Å²) in [5.74, 6) is 0.0139. The first-order chi connectivity index (χ1) is 10.9. The Bertz CT molecular complexity index is 504. The third-order valence-electron chi connectivity index (χ3n) is 3.93. The fourth-order valence-electron chi connectivity index (χ4n) is 2.15. The Morgan fingerprint density at radius 3 is 2.35 bits per heavy atom. The number of amides is 2. The van der Waals surface area contributed by atoms with E-state index in [2.05, 4.69) is 18.4 Å². The maximum absolute atomic E-state index is 11.9. The van der Waals surface area contributed by atoms with Crippen molar-refractivity contribution >= 4 is 23.8 Å². The molecule has 5 heteroatoms. The van der Waals surface area contributed by atoms with Crippen molar-refractivity contribution < 1.29 is 14.3 Å². The first-order valence-electron chi connectivity index (χ1n) is 8.01. The molecule has 0 spiro atoms. The second-order valence-corrected chi connectivity index (χ2v) is 6.80. The summed E-state index contributed by atoms with van der Waals surface area (Å²) >= 11 is 1.77. The molecule has 1 aliphatic heterocycles. The van der Waals surface area contributed by atoms with Gasteiger partial charge in [0.25, 0.3) is 0 Å². The van der Waals surface area contributed by atoms with Crippen LogP contribution in [0.3, 0.4) is 0 Å². The number of thioether (sulfide) groups is 1. The molecule has 0 aliphatic carbocycles. The summed E-state index contributed by atoms with van der Waals surface area (Å²) < 4.78 is 4.92. The maximum atomic E-state index is 11.9. The van der Waals surface area contributed by atoms with E-state index in [1.54, 1.807) is 11.8 Å². The average molecular weight is 337 g/mol. The molecular formula is C18H27NO3S. The summed E-state index contributed by atoms with van der Waals surface area (Å²) in [6.07, 6.45) is 2.34. The molecule has 0 saturated carbocycles. The Hall–Kier alpha value is -1.49. The number of hydrogen-bond donors (Lipinski definition) is 0. The van der Waals surface area contributed by atoms with Crippen LogP contribution in [0, 0.1) is 11.8 Å². The molecule has 0 radical (unpaired) electrons. The predicted octanol–water partition coefficient (Wildman–Crippen LogP) is 4.44. The number of carbonyl (C=O) groups excluding carboxylic acids is 2. The van der Waals surface area contributed by atoms with Crippen molar-refractivity contribution in [1.29, 1.82) is 0 Å². The van der Waals surface area contributed by atoms with Crippen LogP contribution < -0.4 is 0 Å². The molecule has 2 amide bonds. The molecule has 1 aromatic carbocycles. The van der Waals surface area contributed by atoms with Crippen LogP contribution in [-0.2, 0) is 9.53 Å². The number of ether oxygens (including phenoxy) is 1. The Morgan fingerprint density at radius 2 is 1.91 bits per heavy atom. The van der Waals surface area contributed by atoms with Crippen LogP contribution in [0.2, 0.25) is 0 Å². The number of benzene rings is 1. The highest BCUT2D eigenvalue weighted by Gasteiger charge is 2.40. The zero-order valence-corrected chi connectivity index (χ0v) is 15.4. The highest BCUT2D eigenvalue weighted by molar-refractivity contribution is 7.98. The highest BCUT2D eigenvalue weighted by atomic mass is 32.2. The summed E-state index contributed by atoms with van der Waals surface area (Å²) in [5, 5.41) is 0. The molecular weight excluding hydrogens is 310 g/mol. The molecule has 1 aliphatic rings. The quantitative estimate of drug-likeness (QED) is 0.762. The van der Waals surface area contributed by atoms with Crippen molar-refractivity contribution in [3.8, 4) is 0 Å². The fourth-order valence-corrected chi connectivity index (χ4v) is 2.58. The second-order valence-electron chi connectivity index (χ2n) is 5.92. The Labute approximate surface area is 143 Å². The lowest BCUT2D eigenvalue weighted by Gasteiger charge is -2.24. The van der Waals surface area contributed by atoms with E-state index >= 15 is 0 Å². The smallest absolute Gasteiger partial charge is 0.416 e. The summed E-state index contributed by atoms with van der Waals surface area (Å²) in [6, 6.07) is 10.2. The molecule has 0 aromatic heterocycles. The van der Waals surface area contributed by atoms with Gasteiger partial charge < -0.3 is 4.74 Å². The van der Waals surface area contributed by atoms with Gasteiger partial charge in [0.05, 0.1) is 6.04 Å². The van der Waals surface area contributed by atoms with Crippen LogP contribution in [0.4, 0.5) is 4.79 Å². The van der Waals surface area contributed by atoms with Crippen LogP contribution in [0.25, 0.3) is 0 Å². The van der Waals surface area contributed by atoms with Crippen molar-refractivity contribution in [1.82, 2.24) is 4.90 Å². The van der Waals surface area contributed by atoms with E-state index in [1.165, 1.54) is 9.80 Å². The largest absolute Gasteiger partial charge is 0.447 e. The summed E-state index contributed by atoms with van der Waals surface area (Å²) in [7, 11) is 0. The molecule has 2 atom stereocenters. The minimum absolute atomic E-state index is 0.0981. The van der Waals surface area contributed by atoms with Crippen LogP contribution in [-0.4, -0.2) is 35.8 Å². The molecule has 0 bridgehead atoms. The van der Waals surface area contributed by atoms with Gasteiger partial charge in [-0.3, -0.25) is 4.79 Å². The molecule has 1 fully saturated rings. The van der Waals surface area contributed by atoms with Crippen LogP contribution in [0.15, 0.2) is 35.2 Å². The van der Waals surface area contributed by atoms with Gasteiger partial charge >= 0.3 is 6.09 Å². The van der Waals surface area contributed by atoms with Crippen molar-refractivity contribution in [2.75, 3.05) is 12.9 Å². The SMILES string of the molecule is CCC(C)C(=O)N1C(=O)OCC1C(C)C.CSc1ccccc1. The fraction of sp³-hybridized carbons (Fsp3) is 0.556. The number of imide groups is 1. The van der Waals surface area contributed by atoms with E-state index in [-0.39, 0.29) is 23.8 Å². The number of cyclic esters (lactones) is 1. The number of nitrogens with zero attached hydrogens (tertiary/aromatic N) is 1. The first-order valence-corrected chi connectivity index (χ1v) is 9.23. The van der Waals surface area contributed by atoms with Gasteiger partial charge in [-0.05, 0) is 30.7 Å². The normalized spacial score (nSPS) is 18.3. The van der Waals surface area contributed by atoms with Gasteiger partial charge in [-0.1, -0.05) is 45.9 Å².